The SMILES string of the molecule is C=CCN1C(=O)[C@]2(O[C@H](CCn3cc(CCO)nn3)[C@@H]([Si](C)(C)O)[C@@H]2C)c2cc(OC)ccc21. The number of hydrogen-bond donors (Lipinski definition) is 2. The minimum absolute atomic E-state index is 0.0169. The monoisotopic (exact) mass is 486 g/mol. The normalized spacial score (nSPS) is 26.4. The Morgan fingerprint density at radius 2 is 2.15 bits per heavy atom. The summed E-state index contributed by atoms with van der Waals surface area (Å²) < 4.78 is 13.9. The second kappa shape index (κ2) is 9.25. The maximum Gasteiger partial charge on any atom is 0.264 e. The summed E-state index contributed by atoms with van der Waals surface area (Å²) in [6, 6.07) is 5.62. The molecule has 2 aromatic rings. The number of aryl methyl sites for hydroxylation is 1. The van der Waals surface area contributed by atoms with E-state index in [1.807, 2.05) is 44.4 Å². The molecule has 2 aliphatic heterocycles. The Labute approximate surface area is 201 Å². The third kappa shape index (κ3) is 3.98. The molecular weight excluding hydrogens is 452 g/mol. The van der Waals surface area contributed by atoms with Crippen molar-refractivity contribution in [3.63, 3.8) is 0 Å². The fraction of sp³-hybridized carbons (Fsp3) is 0.542. The Hall–Kier alpha value is -2.53. The average molecular weight is 487 g/mol. The summed E-state index contributed by atoms with van der Waals surface area (Å²) in [4.78, 5) is 27.0. The summed E-state index contributed by atoms with van der Waals surface area (Å²) in [6.07, 6.45) is 4.21. The molecule has 1 fully saturated rings. The molecule has 1 spiro atoms. The topological polar surface area (TPSA) is 110 Å². The highest BCUT2D eigenvalue weighted by Crippen LogP contribution is 2.60. The van der Waals surface area contributed by atoms with Crippen molar-refractivity contribution in [2.75, 3.05) is 25.2 Å². The van der Waals surface area contributed by atoms with E-state index < -0.39 is 13.9 Å². The fourth-order valence-electron chi connectivity index (χ4n) is 5.70. The highest BCUT2D eigenvalue weighted by atomic mass is 28.4. The number of fused-ring (bicyclic) bond motifs is 2. The molecule has 2 N–H and O–H groups in total. The van der Waals surface area contributed by atoms with Crippen LogP contribution in [0.15, 0.2) is 37.1 Å². The standard InChI is InChI=1S/C24H34N4O5Si/c1-6-11-28-20-8-7-18(32-3)14-19(20)24(23(28)30)16(2)22(34(4,5)31)21(33-24)9-12-27-15-17(10-13-29)25-26-27/h6-8,14-16,21-22,29,31H,1,9-13H2,2-5H3/t16-,21+,22-,24+/m0/s1. The van der Waals surface area contributed by atoms with Gasteiger partial charge in [0.05, 0.1) is 24.6 Å². The molecule has 184 valence electrons. The molecule has 4 atom stereocenters. The van der Waals surface area contributed by atoms with Crippen molar-refractivity contribution in [3.8, 4) is 5.75 Å². The van der Waals surface area contributed by atoms with E-state index in [4.69, 9.17) is 14.6 Å². The van der Waals surface area contributed by atoms with Gasteiger partial charge in [-0.3, -0.25) is 9.48 Å². The van der Waals surface area contributed by atoms with Crippen molar-refractivity contribution in [2.24, 2.45) is 5.92 Å². The van der Waals surface area contributed by atoms with Gasteiger partial charge in [0, 0.05) is 49.3 Å². The molecule has 0 bridgehead atoms. The van der Waals surface area contributed by atoms with Gasteiger partial charge in [0.1, 0.15) is 5.75 Å². The van der Waals surface area contributed by atoms with Crippen LogP contribution in [0.1, 0.15) is 24.6 Å². The van der Waals surface area contributed by atoms with Crippen molar-refractivity contribution < 1.29 is 24.2 Å². The number of amides is 1. The minimum atomic E-state index is -2.73. The van der Waals surface area contributed by atoms with Gasteiger partial charge in [-0.05, 0) is 37.7 Å². The van der Waals surface area contributed by atoms with E-state index in [-0.39, 0.29) is 30.1 Å². The lowest BCUT2D eigenvalue weighted by Crippen LogP contribution is -2.46. The van der Waals surface area contributed by atoms with E-state index in [0.29, 0.717) is 31.7 Å². The number of anilines is 1. The second-order valence-corrected chi connectivity index (χ2v) is 13.7. The zero-order valence-corrected chi connectivity index (χ0v) is 21.3. The molecule has 0 aliphatic carbocycles. The molecule has 2 aliphatic rings. The summed E-state index contributed by atoms with van der Waals surface area (Å²) in [6.45, 7) is 10.6. The van der Waals surface area contributed by atoms with Gasteiger partial charge in [-0.2, -0.15) is 0 Å². The summed E-state index contributed by atoms with van der Waals surface area (Å²) in [5.41, 5.74) is 0.932. The Bertz CT molecular complexity index is 1070. The van der Waals surface area contributed by atoms with Gasteiger partial charge < -0.3 is 24.3 Å². The fourth-order valence-corrected chi connectivity index (χ4v) is 8.30. The molecule has 34 heavy (non-hydrogen) atoms. The van der Waals surface area contributed by atoms with E-state index in [9.17, 15) is 9.59 Å². The number of aliphatic hydroxyl groups is 1. The van der Waals surface area contributed by atoms with Crippen molar-refractivity contribution in [1.29, 1.82) is 0 Å². The Morgan fingerprint density at radius 3 is 2.79 bits per heavy atom. The first kappa shape index (κ1) is 24.6. The second-order valence-electron chi connectivity index (χ2n) is 9.68. The van der Waals surface area contributed by atoms with Crippen molar-refractivity contribution >= 4 is 19.9 Å². The Morgan fingerprint density at radius 1 is 1.38 bits per heavy atom. The quantitative estimate of drug-likeness (QED) is 0.413. The van der Waals surface area contributed by atoms with Crippen LogP contribution in [-0.2, 0) is 28.1 Å². The zero-order chi connectivity index (χ0) is 24.7. The maximum atomic E-state index is 13.9. The molecule has 1 saturated heterocycles. The van der Waals surface area contributed by atoms with Crippen LogP contribution >= 0.6 is 0 Å². The number of rotatable bonds is 9. The van der Waals surface area contributed by atoms with Gasteiger partial charge in [-0.1, -0.05) is 18.2 Å². The van der Waals surface area contributed by atoms with Gasteiger partial charge in [0.2, 0.25) is 0 Å². The number of hydrogen-bond acceptors (Lipinski definition) is 7. The summed E-state index contributed by atoms with van der Waals surface area (Å²) in [5.74, 6) is 0.291. The van der Waals surface area contributed by atoms with Crippen LogP contribution < -0.4 is 9.64 Å². The molecule has 0 unspecified atom stereocenters. The number of benzene rings is 1. The first-order valence-electron chi connectivity index (χ1n) is 11.7. The van der Waals surface area contributed by atoms with Crippen LogP contribution in [0.2, 0.25) is 18.6 Å². The molecule has 1 amide bonds. The molecular formula is C24H34N4O5Si. The molecule has 1 aromatic carbocycles. The van der Waals surface area contributed by atoms with Crippen LogP contribution in [-0.4, -0.2) is 65.5 Å². The third-order valence-electron chi connectivity index (χ3n) is 7.10. The first-order valence-corrected chi connectivity index (χ1v) is 14.7. The molecule has 3 heterocycles. The van der Waals surface area contributed by atoms with Crippen LogP contribution in [0.3, 0.4) is 0 Å². The van der Waals surface area contributed by atoms with E-state index in [0.717, 1.165) is 16.9 Å². The summed E-state index contributed by atoms with van der Waals surface area (Å²) in [7, 11) is -1.13. The summed E-state index contributed by atoms with van der Waals surface area (Å²) >= 11 is 0. The van der Waals surface area contributed by atoms with Crippen LogP contribution in [0, 0.1) is 5.92 Å². The zero-order valence-electron chi connectivity index (χ0n) is 20.3. The first-order chi connectivity index (χ1) is 16.2. The molecule has 10 heteroatoms. The average Bonchev–Trinajstić information content (AvgIpc) is 3.43. The van der Waals surface area contributed by atoms with Crippen LogP contribution in [0.5, 0.6) is 5.75 Å². The predicted molar refractivity (Wildman–Crippen MR) is 130 cm³/mol. The van der Waals surface area contributed by atoms with E-state index in [2.05, 4.69) is 16.9 Å². The van der Waals surface area contributed by atoms with E-state index >= 15 is 0 Å². The number of carbonyl (C=O) groups excluding carboxylic acids is 1. The lowest BCUT2D eigenvalue weighted by Gasteiger charge is -2.32. The molecule has 4 rings (SSSR count). The highest BCUT2D eigenvalue weighted by Gasteiger charge is 2.66. The number of methoxy groups -OCH3 is 1. The van der Waals surface area contributed by atoms with Crippen molar-refractivity contribution in [1.82, 2.24) is 15.0 Å². The van der Waals surface area contributed by atoms with Gasteiger partial charge in [0.25, 0.3) is 5.91 Å². The van der Waals surface area contributed by atoms with Gasteiger partial charge in [-0.25, -0.2) is 0 Å². The molecule has 0 radical (unpaired) electrons. The summed E-state index contributed by atoms with van der Waals surface area (Å²) in [5, 5.41) is 17.4. The van der Waals surface area contributed by atoms with Gasteiger partial charge in [0.15, 0.2) is 13.9 Å². The number of aromatic nitrogens is 3. The van der Waals surface area contributed by atoms with Crippen LogP contribution in [0.25, 0.3) is 0 Å². The lowest BCUT2D eigenvalue weighted by molar-refractivity contribution is -0.145. The Balaban J connectivity index is 1.71. The van der Waals surface area contributed by atoms with Crippen molar-refractivity contribution in [3.05, 3.63) is 48.3 Å². The largest absolute Gasteiger partial charge is 0.497 e. The number of nitrogens with zero attached hydrogens (tertiary/aromatic N) is 4. The van der Waals surface area contributed by atoms with E-state index in [1.165, 1.54) is 0 Å². The number of ether oxygens (including phenoxy) is 2. The third-order valence-corrected chi connectivity index (χ3v) is 9.60. The van der Waals surface area contributed by atoms with E-state index in [1.54, 1.807) is 22.8 Å². The predicted octanol–water partition coefficient (Wildman–Crippen LogP) is 2.24. The lowest BCUT2D eigenvalue weighted by atomic mass is 9.82. The van der Waals surface area contributed by atoms with Gasteiger partial charge >= 0.3 is 0 Å². The number of aliphatic hydroxyl groups excluding tert-OH is 1. The van der Waals surface area contributed by atoms with Crippen LogP contribution in [0.4, 0.5) is 5.69 Å². The highest BCUT2D eigenvalue weighted by molar-refractivity contribution is 6.71. The number of carbonyl (C=O) groups is 1. The smallest absolute Gasteiger partial charge is 0.264 e. The molecule has 0 saturated carbocycles. The molecule has 9 nitrogen and oxygen atoms in total. The molecule has 1 aromatic heterocycles. The Kier molecular flexibility index (Phi) is 6.69. The van der Waals surface area contributed by atoms with Crippen molar-refractivity contribution in [2.45, 2.75) is 56.7 Å². The minimum Gasteiger partial charge on any atom is -0.497 e. The van der Waals surface area contributed by atoms with Gasteiger partial charge in [-0.15, -0.1) is 11.7 Å². The maximum absolute atomic E-state index is 13.9.